The van der Waals surface area contributed by atoms with Crippen molar-refractivity contribution in [3.8, 4) is 0 Å². The molecule has 2 saturated heterocycles. The average Bonchev–Trinajstić information content (AvgIpc) is 3.13. The average molecular weight is 337 g/mol. The van der Waals surface area contributed by atoms with Gasteiger partial charge in [-0.3, -0.25) is 0 Å². The first-order valence-electron chi connectivity index (χ1n) is 9.09. The number of fused-ring (bicyclic) bond motifs is 1. The summed E-state index contributed by atoms with van der Waals surface area (Å²) in [5.74, 6) is 0.803. The highest BCUT2D eigenvalue weighted by Gasteiger charge is 2.59. The summed E-state index contributed by atoms with van der Waals surface area (Å²) in [6, 6.07) is 25.0. The lowest BCUT2D eigenvalue weighted by Crippen LogP contribution is -2.60. The second kappa shape index (κ2) is 6.14. The Hall–Kier alpha value is -1.42. The number of rotatable bonds is 3. The molecule has 0 unspecified atom stereocenters. The molecule has 2 aromatic rings. The molecule has 2 nitrogen and oxygen atoms in total. The molecular weight excluding hydrogens is 308 g/mol. The summed E-state index contributed by atoms with van der Waals surface area (Å²) in [6.45, 7) is 2.51. The number of likely N-dealkylation sites (tertiary alicyclic amines) is 1. The van der Waals surface area contributed by atoms with E-state index in [0.29, 0.717) is 6.04 Å². The summed E-state index contributed by atoms with van der Waals surface area (Å²) in [6.07, 6.45) is 0. The van der Waals surface area contributed by atoms with Gasteiger partial charge in [0, 0.05) is 12.6 Å². The molecule has 4 rings (SSSR count). The Bertz CT molecular complexity index is 646. The monoisotopic (exact) mass is 336 g/mol. The number of hydrogen-bond acceptors (Lipinski definition) is 2. The summed E-state index contributed by atoms with van der Waals surface area (Å²) < 4.78 is 0. The first-order valence-corrected chi connectivity index (χ1v) is 11.4. The van der Waals surface area contributed by atoms with Crippen LogP contribution in [-0.2, 0) is 0 Å². The van der Waals surface area contributed by atoms with E-state index in [9.17, 15) is 0 Å². The van der Waals surface area contributed by atoms with Crippen LogP contribution in [0.3, 0.4) is 0 Å². The van der Waals surface area contributed by atoms with E-state index in [0.717, 1.165) is 11.5 Å². The van der Waals surface area contributed by atoms with E-state index in [-0.39, 0.29) is 0 Å². The van der Waals surface area contributed by atoms with Crippen molar-refractivity contribution in [2.24, 2.45) is 5.92 Å². The molecule has 24 heavy (non-hydrogen) atoms. The quantitative estimate of drug-likeness (QED) is 0.792. The fourth-order valence-corrected chi connectivity index (χ4v) is 12.0. The smallest absolute Gasteiger partial charge is 0.124 e. The van der Waals surface area contributed by atoms with Crippen LogP contribution in [0.15, 0.2) is 60.7 Å². The van der Waals surface area contributed by atoms with Gasteiger partial charge in [0.05, 0.1) is 0 Å². The standard InChI is InChI=1S/C21H28N2Si/c1-22(2)20-16-24(17-10-6-4-7-11-17,18-12-8-5-9-13-18)21-15-23(3)14-19(20)21/h4-13,19-21H,14-16H2,1-3H3/t19-,20-,21-/m0/s1. The van der Waals surface area contributed by atoms with Crippen molar-refractivity contribution in [2.75, 3.05) is 34.2 Å². The van der Waals surface area contributed by atoms with E-state index in [1.54, 1.807) is 10.4 Å². The Morgan fingerprint density at radius 1 is 0.875 bits per heavy atom. The number of hydrogen-bond donors (Lipinski definition) is 0. The predicted octanol–water partition coefficient (Wildman–Crippen LogP) is 2.13. The van der Waals surface area contributed by atoms with Crippen LogP contribution in [0.25, 0.3) is 0 Å². The summed E-state index contributed by atoms with van der Waals surface area (Å²) in [7, 11) is 5.10. The van der Waals surface area contributed by atoms with Gasteiger partial charge in [0.2, 0.25) is 0 Å². The van der Waals surface area contributed by atoms with Gasteiger partial charge in [0.25, 0.3) is 0 Å². The maximum atomic E-state index is 2.57. The largest absolute Gasteiger partial charge is 0.306 e. The maximum Gasteiger partial charge on any atom is 0.124 e. The summed E-state index contributed by atoms with van der Waals surface area (Å²) in [4.78, 5) is 5.07. The molecule has 3 atom stereocenters. The lowest BCUT2D eigenvalue weighted by Gasteiger charge is -2.35. The Kier molecular flexibility index (Phi) is 4.11. The van der Waals surface area contributed by atoms with E-state index >= 15 is 0 Å². The summed E-state index contributed by atoms with van der Waals surface area (Å²) in [5.41, 5.74) is 0.819. The van der Waals surface area contributed by atoms with Crippen molar-refractivity contribution in [3.05, 3.63) is 60.7 Å². The highest BCUT2D eigenvalue weighted by atomic mass is 28.3. The first-order chi connectivity index (χ1) is 11.6. The van der Waals surface area contributed by atoms with Gasteiger partial charge in [-0.2, -0.15) is 0 Å². The molecular formula is C21H28N2Si. The van der Waals surface area contributed by atoms with Gasteiger partial charge in [0.1, 0.15) is 8.07 Å². The van der Waals surface area contributed by atoms with Gasteiger partial charge in [-0.1, -0.05) is 71.0 Å². The lowest BCUT2D eigenvalue weighted by molar-refractivity contribution is 0.239. The second-order valence-electron chi connectivity index (χ2n) is 7.93. The Balaban J connectivity index is 1.91. The van der Waals surface area contributed by atoms with Crippen LogP contribution >= 0.6 is 0 Å². The Morgan fingerprint density at radius 3 is 1.92 bits per heavy atom. The van der Waals surface area contributed by atoms with Gasteiger partial charge >= 0.3 is 0 Å². The maximum absolute atomic E-state index is 2.57. The van der Waals surface area contributed by atoms with E-state index < -0.39 is 8.07 Å². The van der Waals surface area contributed by atoms with Crippen LogP contribution in [-0.4, -0.2) is 58.1 Å². The molecule has 2 heterocycles. The molecule has 2 aliphatic heterocycles. The normalized spacial score (nSPS) is 29.1. The third-order valence-electron chi connectivity index (χ3n) is 6.45. The Morgan fingerprint density at radius 2 is 1.42 bits per heavy atom. The minimum atomic E-state index is -1.77. The van der Waals surface area contributed by atoms with Gasteiger partial charge < -0.3 is 9.80 Å². The van der Waals surface area contributed by atoms with Crippen molar-refractivity contribution >= 4 is 18.4 Å². The molecule has 126 valence electrons. The van der Waals surface area contributed by atoms with E-state index in [2.05, 4.69) is 91.6 Å². The Labute approximate surface area is 147 Å². The SMILES string of the molecule is CN1C[C@H]2[C@@H](N(C)C)C[Si](c3ccccc3)(c3ccccc3)[C@H]2C1. The number of nitrogens with zero attached hydrogens (tertiary/aromatic N) is 2. The zero-order chi connectivity index (χ0) is 16.7. The molecule has 0 bridgehead atoms. The van der Waals surface area contributed by atoms with Crippen molar-refractivity contribution < 1.29 is 0 Å². The van der Waals surface area contributed by atoms with Gasteiger partial charge in [0.15, 0.2) is 0 Å². The minimum Gasteiger partial charge on any atom is -0.306 e. The van der Waals surface area contributed by atoms with E-state index in [1.165, 1.54) is 19.1 Å². The van der Waals surface area contributed by atoms with Crippen LogP contribution in [0, 0.1) is 5.92 Å². The third-order valence-corrected chi connectivity index (χ3v) is 12.1. The highest BCUT2D eigenvalue weighted by Crippen LogP contribution is 2.49. The molecule has 0 aromatic heterocycles. The molecule has 0 spiro atoms. The number of benzene rings is 2. The molecule has 0 saturated carbocycles. The molecule has 0 radical (unpaired) electrons. The van der Waals surface area contributed by atoms with Crippen LogP contribution in [0.5, 0.6) is 0 Å². The highest BCUT2D eigenvalue weighted by molar-refractivity contribution is 7.04. The fraction of sp³-hybridized carbons (Fsp3) is 0.429. The van der Waals surface area contributed by atoms with Gasteiger partial charge in [-0.05, 0) is 45.2 Å². The molecule has 0 N–H and O–H groups in total. The first kappa shape index (κ1) is 16.1. The fourth-order valence-electron chi connectivity index (χ4n) is 5.44. The molecule has 2 fully saturated rings. The minimum absolute atomic E-state index is 0.701. The van der Waals surface area contributed by atoms with Gasteiger partial charge in [-0.25, -0.2) is 0 Å². The molecule has 0 amide bonds. The van der Waals surface area contributed by atoms with Crippen molar-refractivity contribution in [2.45, 2.75) is 17.6 Å². The topological polar surface area (TPSA) is 6.48 Å². The summed E-state index contributed by atoms with van der Waals surface area (Å²) in [5, 5.41) is 3.26. The molecule has 0 aliphatic carbocycles. The summed E-state index contributed by atoms with van der Waals surface area (Å²) >= 11 is 0. The van der Waals surface area contributed by atoms with Crippen molar-refractivity contribution in [1.82, 2.24) is 9.80 Å². The van der Waals surface area contributed by atoms with Crippen LogP contribution in [0.4, 0.5) is 0 Å². The molecule has 3 heteroatoms. The van der Waals surface area contributed by atoms with Crippen LogP contribution in [0.1, 0.15) is 0 Å². The third kappa shape index (κ3) is 2.38. The van der Waals surface area contributed by atoms with Crippen molar-refractivity contribution in [1.29, 1.82) is 0 Å². The lowest BCUT2D eigenvalue weighted by atomic mass is 10.00. The van der Waals surface area contributed by atoms with Crippen LogP contribution in [0.2, 0.25) is 11.6 Å². The molecule has 2 aliphatic rings. The predicted molar refractivity (Wildman–Crippen MR) is 105 cm³/mol. The van der Waals surface area contributed by atoms with Gasteiger partial charge in [-0.15, -0.1) is 0 Å². The zero-order valence-electron chi connectivity index (χ0n) is 15.0. The molecule has 2 aromatic carbocycles. The van der Waals surface area contributed by atoms with E-state index in [1.807, 2.05) is 0 Å². The van der Waals surface area contributed by atoms with E-state index in [4.69, 9.17) is 0 Å². The van der Waals surface area contributed by atoms with Crippen molar-refractivity contribution in [3.63, 3.8) is 0 Å². The second-order valence-corrected chi connectivity index (χ2v) is 12.2. The van der Waals surface area contributed by atoms with Crippen LogP contribution < -0.4 is 10.4 Å². The zero-order valence-corrected chi connectivity index (χ0v) is 16.0.